The lowest BCUT2D eigenvalue weighted by Gasteiger charge is -2.10. The molecule has 1 aromatic rings. The Balaban J connectivity index is 1.47. The van der Waals surface area contributed by atoms with Crippen LogP contribution in [0.2, 0.25) is 0 Å². The third kappa shape index (κ3) is 3.40. The lowest BCUT2D eigenvalue weighted by molar-refractivity contribution is 0.277. The minimum Gasteiger partial charge on any atom is -0.493 e. The minimum absolute atomic E-state index is 0.0331. The van der Waals surface area contributed by atoms with Crippen LogP contribution in [0, 0.1) is 0 Å². The first-order valence-electron chi connectivity index (χ1n) is 8.56. The molecule has 0 amide bonds. The Bertz CT molecular complexity index is 617. The van der Waals surface area contributed by atoms with Crippen LogP contribution in [0.1, 0.15) is 58.9 Å². The third-order valence-corrected chi connectivity index (χ3v) is 5.40. The molecule has 2 aliphatic heterocycles. The number of hydrogen-bond donors (Lipinski definition) is 0. The monoisotopic (exact) mass is 316 g/mol. The Labute approximate surface area is 139 Å². The Morgan fingerprint density at radius 1 is 1.35 bits per heavy atom. The molecule has 0 radical (unpaired) electrons. The number of rotatable bonds is 6. The van der Waals surface area contributed by atoms with Crippen molar-refractivity contribution in [2.75, 3.05) is 13.2 Å². The summed E-state index contributed by atoms with van der Waals surface area (Å²) in [6, 6.07) is 6.16. The molecule has 2 heterocycles. The van der Waals surface area contributed by atoms with Gasteiger partial charge in [-0.1, -0.05) is 18.6 Å². The van der Waals surface area contributed by atoms with Crippen molar-refractivity contribution < 1.29 is 14.2 Å². The fourth-order valence-corrected chi connectivity index (χ4v) is 3.15. The summed E-state index contributed by atoms with van der Waals surface area (Å²) in [4.78, 5) is 0. The lowest BCUT2D eigenvalue weighted by Crippen LogP contribution is -2.16. The molecule has 2 unspecified atom stereocenters. The van der Waals surface area contributed by atoms with E-state index in [0.717, 1.165) is 30.9 Å². The molecule has 2 atom stereocenters. The quantitative estimate of drug-likeness (QED) is 0.555. The van der Waals surface area contributed by atoms with E-state index in [1.807, 2.05) is 12.1 Å². The highest BCUT2D eigenvalue weighted by Gasteiger charge is 2.59. The number of epoxide rings is 1. The van der Waals surface area contributed by atoms with Gasteiger partial charge in [-0.2, -0.15) is 0 Å². The zero-order valence-corrected chi connectivity index (χ0v) is 14.9. The van der Waals surface area contributed by atoms with E-state index < -0.39 is 0 Å². The van der Waals surface area contributed by atoms with E-state index in [1.54, 1.807) is 0 Å². The fraction of sp³-hybridized carbons (Fsp3) is 0.600. The molecular weight excluding hydrogens is 288 g/mol. The molecule has 0 aromatic heterocycles. The van der Waals surface area contributed by atoms with Gasteiger partial charge in [0.1, 0.15) is 18.1 Å². The number of ether oxygens (including phenoxy) is 3. The molecule has 2 aliphatic rings. The van der Waals surface area contributed by atoms with Crippen molar-refractivity contribution >= 4 is 0 Å². The van der Waals surface area contributed by atoms with E-state index in [2.05, 4.69) is 46.8 Å². The first-order chi connectivity index (χ1) is 10.8. The van der Waals surface area contributed by atoms with Crippen molar-refractivity contribution in [3.05, 3.63) is 35.4 Å². The van der Waals surface area contributed by atoms with Crippen LogP contribution < -0.4 is 9.47 Å². The van der Waals surface area contributed by atoms with E-state index in [1.165, 1.54) is 11.1 Å². The average molecular weight is 316 g/mol. The summed E-state index contributed by atoms with van der Waals surface area (Å²) < 4.78 is 17.3. The molecule has 1 fully saturated rings. The standard InChI is InChI=1S/C20H28O3/c1-14(8-10-20(5)19(3,4)23-20)9-11-21-16-6-7-17-15(2)13-22-18(17)12-16/h6-7,9,12,15H,8,10-11,13H2,1-5H3. The normalized spacial score (nSPS) is 28.2. The summed E-state index contributed by atoms with van der Waals surface area (Å²) in [7, 11) is 0. The molecule has 0 saturated carbocycles. The van der Waals surface area contributed by atoms with Crippen molar-refractivity contribution in [2.45, 2.75) is 64.6 Å². The van der Waals surface area contributed by atoms with Crippen molar-refractivity contribution in [3.63, 3.8) is 0 Å². The largest absolute Gasteiger partial charge is 0.493 e. The van der Waals surface area contributed by atoms with Gasteiger partial charge in [0.05, 0.1) is 17.8 Å². The molecule has 3 rings (SSSR count). The van der Waals surface area contributed by atoms with Crippen molar-refractivity contribution in [1.82, 2.24) is 0 Å². The van der Waals surface area contributed by atoms with Crippen molar-refractivity contribution in [2.24, 2.45) is 0 Å². The van der Waals surface area contributed by atoms with E-state index >= 15 is 0 Å². The Morgan fingerprint density at radius 2 is 2.09 bits per heavy atom. The second kappa shape index (κ2) is 5.86. The maximum absolute atomic E-state index is 5.84. The molecule has 1 saturated heterocycles. The van der Waals surface area contributed by atoms with Gasteiger partial charge in [0.15, 0.2) is 0 Å². The Morgan fingerprint density at radius 3 is 2.78 bits per heavy atom. The van der Waals surface area contributed by atoms with Crippen molar-refractivity contribution in [3.8, 4) is 11.5 Å². The van der Waals surface area contributed by atoms with Gasteiger partial charge in [-0.05, 0) is 52.7 Å². The van der Waals surface area contributed by atoms with Crippen LogP contribution in [0.4, 0.5) is 0 Å². The van der Waals surface area contributed by atoms with E-state index in [0.29, 0.717) is 12.5 Å². The van der Waals surface area contributed by atoms with Crippen LogP contribution in [0.15, 0.2) is 29.8 Å². The zero-order chi connectivity index (χ0) is 16.7. The Kier molecular flexibility index (Phi) is 4.18. The van der Waals surface area contributed by atoms with Gasteiger partial charge in [-0.15, -0.1) is 0 Å². The fourth-order valence-electron chi connectivity index (χ4n) is 3.15. The van der Waals surface area contributed by atoms with Gasteiger partial charge in [0.25, 0.3) is 0 Å². The highest BCUT2D eigenvalue weighted by atomic mass is 16.6. The summed E-state index contributed by atoms with van der Waals surface area (Å²) >= 11 is 0. The van der Waals surface area contributed by atoms with Crippen LogP contribution in [-0.2, 0) is 4.74 Å². The van der Waals surface area contributed by atoms with Gasteiger partial charge in [-0.25, -0.2) is 0 Å². The number of allylic oxidation sites excluding steroid dienone is 1. The second-order valence-electron chi connectivity index (χ2n) is 7.62. The third-order valence-electron chi connectivity index (χ3n) is 5.40. The average Bonchev–Trinajstić information content (AvgIpc) is 2.81. The molecule has 0 bridgehead atoms. The van der Waals surface area contributed by atoms with E-state index in [9.17, 15) is 0 Å². The number of fused-ring (bicyclic) bond motifs is 1. The maximum Gasteiger partial charge on any atom is 0.126 e. The highest BCUT2D eigenvalue weighted by Crippen LogP contribution is 2.50. The van der Waals surface area contributed by atoms with Crippen LogP contribution in [0.5, 0.6) is 11.5 Å². The topological polar surface area (TPSA) is 31.0 Å². The SMILES string of the molecule is CC(=CCOc1ccc2c(c1)OCC2C)CCC1(C)OC1(C)C. The smallest absolute Gasteiger partial charge is 0.126 e. The molecule has 3 heteroatoms. The lowest BCUT2D eigenvalue weighted by atomic mass is 9.91. The van der Waals surface area contributed by atoms with Crippen LogP contribution >= 0.6 is 0 Å². The van der Waals surface area contributed by atoms with Gasteiger partial charge < -0.3 is 14.2 Å². The van der Waals surface area contributed by atoms with E-state index in [-0.39, 0.29) is 11.2 Å². The van der Waals surface area contributed by atoms with Crippen LogP contribution in [-0.4, -0.2) is 24.4 Å². The molecule has 126 valence electrons. The first kappa shape index (κ1) is 16.4. The second-order valence-corrected chi connectivity index (χ2v) is 7.62. The summed E-state index contributed by atoms with van der Waals surface area (Å²) in [6.45, 7) is 12.2. The molecule has 0 aliphatic carbocycles. The highest BCUT2D eigenvalue weighted by molar-refractivity contribution is 5.45. The Hall–Kier alpha value is -1.48. The summed E-state index contributed by atoms with van der Waals surface area (Å²) in [5.74, 6) is 2.33. The summed E-state index contributed by atoms with van der Waals surface area (Å²) in [5, 5.41) is 0. The molecule has 0 N–H and O–H groups in total. The van der Waals surface area contributed by atoms with Gasteiger partial charge in [-0.3, -0.25) is 0 Å². The van der Waals surface area contributed by atoms with Gasteiger partial charge in [0.2, 0.25) is 0 Å². The predicted octanol–water partition coefficient (Wildman–Crippen LogP) is 4.86. The van der Waals surface area contributed by atoms with Crippen molar-refractivity contribution in [1.29, 1.82) is 0 Å². The molecule has 0 spiro atoms. The first-order valence-corrected chi connectivity index (χ1v) is 8.56. The van der Waals surface area contributed by atoms with E-state index in [4.69, 9.17) is 14.2 Å². The summed E-state index contributed by atoms with van der Waals surface area (Å²) in [5.41, 5.74) is 2.70. The molecule has 23 heavy (non-hydrogen) atoms. The molecular formula is C20H28O3. The number of benzene rings is 1. The minimum atomic E-state index is 0.0331. The van der Waals surface area contributed by atoms with Gasteiger partial charge >= 0.3 is 0 Å². The summed E-state index contributed by atoms with van der Waals surface area (Å²) in [6.07, 6.45) is 4.27. The van der Waals surface area contributed by atoms with Crippen LogP contribution in [0.3, 0.4) is 0 Å². The van der Waals surface area contributed by atoms with Gasteiger partial charge in [0, 0.05) is 17.5 Å². The maximum atomic E-state index is 5.84. The number of hydrogen-bond acceptors (Lipinski definition) is 3. The zero-order valence-electron chi connectivity index (χ0n) is 14.9. The predicted molar refractivity (Wildman–Crippen MR) is 92.4 cm³/mol. The molecule has 1 aromatic carbocycles. The van der Waals surface area contributed by atoms with Crippen LogP contribution in [0.25, 0.3) is 0 Å². The molecule has 3 nitrogen and oxygen atoms in total.